The van der Waals surface area contributed by atoms with Crippen LogP contribution in [0, 0.1) is 0 Å². The number of carbonyl (C=O) groups excluding carboxylic acids is 1. The third-order valence-corrected chi connectivity index (χ3v) is 4.24. The minimum absolute atomic E-state index is 0.0883. The molecule has 3 nitrogen and oxygen atoms in total. The summed E-state index contributed by atoms with van der Waals surface area (Å²) in [5.74, 6) is 0.143. The second-order valence-electron chi connectivity index (χ2n) is 4.81. The molecule has 2 atom stereocenters. The van der Waals surface area contributed by atoms with Crippen LogP contribution in [0.25, 0.3) is 0 Å². The molecule has 1 heterocycles. The van der Waals surface area contributed by atoms with E-state index in [1.165, 1.54) is 0 Å². The number of morpholine rings is 1. The number of halogens is 2. The Morgan fingerprint density at radius 3 is 2.79 bits per heavy atom. The smallest absolute Gasteiger partial charge is 0.227 e. The Hall–Kier alpha value is -0.580. The lowest BCUT2D eigenvalue weighted by atomic mass is 10.1. The van der Waals surface area contributed by atoms with E-state index in [1.54, 1.807) is 0 Å². The molecule has 0 N–H and O–H groups in total. The van der Waals surface area contributed by atoms with E-state index in [9.17, 15) is 4.79 Å². The lowest BCUT2D eigenvalue weighted by Crippen LogP contribution is -2.52. The van der Waals surface area contributed by atoms with E-state index >= 15 is 0 Å². The number of ether oxygens (including phenoxy) is 1. The molecule has 19 heavy (non-hydrogen) atoms. The molecule has 1 aliphatic heterocycles. The molecule has 0 saturated carbocycles. The summed E-state index contributed by atoms with van der Waals surface area (Å²) in [7, 11) is 0. The molecule has 5 heteroatoms. The Labute approximate surface area is 127 Å². The van der Waals surface area contributed by atoms with E-state index in [0.717, 1.165) is 10.9 Å². The van der Waals surface area contributed by atoms with Gasteiger partial charge >= 0.3 is 0 Å². The van der Waals surface area contributed by atoms with Crippen LogP contribution in [0.3, 0.4) is 0 Å². The summed E-state index contributed by atoms with van der Waals surface area (Å²) in [4.78, 5) is 14.3. The van der Waals surface area contributed by atoms with E-state index in [1.807, 2.05) is 36.1 Å². The fourth-order valence-electron chi connectivity index (χ4n) is 2.14. The first-order chi connectivity index (χ1) is 9.10. The Morgan fingerprint density at radius 1 is 1.47 bits per heavy atom. The lowest BCUT2D eigenvalue weighted by molar-refractivity contribution is -0.142. The third-order valence-electron chi connectivity index (χ3n) is 3.27. The van der Waals surface area contributed by atoms with Crippen LogP contribution in [-0.4, -0.2) is 41.4 Å². The van der Waals surface area contributed by atoms with Crippen LogP contribution < -0.4 is 0 Å². The molecule has 0 spiro atoms. The number of nitrogens with zero attached hydrogens (tertiary/aromatic N) is 1. The SMILES string of the molecule is CC1COC(CBr)CN1C(=O)Cc1ccc(Cl)cc1. The molecule has 0 aromatic heterocycles. The van der Waals surface area contributed by atoms with Gasteiger partial charge in [0.1, 0.15) is 0 Å². The molecule has 1 amide bonds. The van der Waals surface area contributed by atoms with Crippen molar-refractivity contribution in [3.63, 3.8) is 0 Å². The lowest BCUT2D eigenvalue weighted by Gasteiger charge is -2.37. The van der Waals surface area contributed by atoms with Gasteiger partial charge in [-0.05, 0) is 24.6 Å². The van der Waals surface area contributed by atoms with E-state index in [0.29, 0.717) is 24.6 Å². The van der Waals surface area contributed by atoms with Gasteiger partial charge in [-0.1, -0.05) is 39.7 Å². The third kappa shape index (κ3) is 3.94. The largest absolute Gasteiger partial charge is 0.373 e. The van der Waals surface area contributed by atoms with Crippen molar-refractivity contribution in [2.45, 2.75) is 25.5 Å². The van der Waals surface area contributed by atoms with Crippen LogP contribution in [0.15, 0.2) is 24.3 Å². The summed E-state index contributed by atoms with van der Waals surface area (Å²) in [6.07, 6.45) is 0.502. The quantitative estimate of drug-likeness (QED) is 0.788. The maximum atomic E-state index is 12.3. The van der Waals surface area contributed by atoms with Crippen molar-refractivity contribution >= 4 is 33.4 Å². The van der Waals surface area contributed by atoms with Gasteiger partial charge in [-0.2, -0.15) is 0 Å². The molecular formula is C14H17BrClNO2. The zero-order valence-corrected chi connectivity index (χ0v) is 13.2. The molecule has 1 aromatic rings. The maximum Gasteiger partial charge on any atom is 0.227 e. The number of hydrogen-bond acceptors (Lipinski definition) is 2. The summed E-state index contributed by atoms with van der Waals surface area (Å²) in [5.41, 5.74) is 0.989. The van der Waals surface area contributed by atoms with Crippen molar-refractivity contribution in [3.8, 4) is 0 Å². The van der Waals surface area contributed by atoms with Gasteiger partial charge in [0.15, 0.2) is 0 Å². The van der Waals surface area contributed by atoms with E-state index < -0.39 is 0 Å². The maximum absolute atomic E-state index is 12.3. The van der Waals surface area contributed by atoms with Gasteiger partial charge in [0.05, 0.1) is 25.2 Å². The normalized spacial score (nSPS) is 23.4. The first-order valence-electron chi connectivity index (χ1n) is 6.31. The minimum Gasteiger partial charge on any atom is -0.373 e. The Morgan fingerprint density at radius 2 is 2.16 bits per heavy atom. The van der Waals surface area contributed by atoms with Gasteiger partial charge in [0, 0.05) is 16.9 Å². The van der Waals surface area contributed by atoms with Crippen LogP contribution in [0.1, 0.15) is 12.5 Å². The van der Waals surface area contributed by atoms with Gasteiger partial charge in [0.2, 0.25) is 5.91 Å². The van der Waals surface area contributed by atoms with Gasteiger partial charge in [0.25, 0.3) is 0 Å². The molecule has 0 aliphatic carbocycles. The van der Waals surface area contributed by atoms with Gasteiger partial charge in [-0.25, -0.2) is 0 Å². The number of amides is 1. The second-order valence-corrected chi connectivity index (χ2v) is 5.89. The molecule has 1 aromatic carbocycles. The first-order valence-corrected chi connectivity index (χ1v) is 7.81. The number of benzene rings is 1. The molecule has 104 valence electrons. The van der Waals surface area contributed by atoms with Crippen molar-refractivity contribution in [1.82, 2.24) is 4.90 Å². The van der Waals surface area contributed by atoms with Gasteiger partial charge in [-0.15, -0.1) is 0 Å². The molecule has 2 rings (SSSR count). The monoisotopic (exact) mass is 345 g/mol. The van der Waals surface area contributed by atoms with Crippen molar-refractivity contribution in [2.24, 2.45) is 0 Å². The summed E-state index contributed by atoms with van der Waals surface area (Å²) in [5, 5.41) is 1.44. The van der Waals surface area contributed by atoms with Crippen LogP contribution in [-0.2, 0) is 16.0 Å². The Kier molecular flexibility index (Phi) is 5.25. The van der Waals surface area contributed by atoms with Crippen LogP contribution in [0.2, 0.25) is 5.02 Å². The zero-order chi connectivity index (χ0) is 13.8. The fraction of sp³-hybridized carbons (Fsp3) is 0.500. The summed E-state index contributed by atoms with van der Waals surface area (Å²) in [6.45, 7) is 3.27. The molecule has 2 unspecified atom stereocenters. The summed E-state index contributed by atoms with van der Waals surface area (Å²) >= 11 is 9.25. The number of alkyl halides is 1. The first kappa shape index (κ1) is 14.8. The van der Waals surface area contributed by atoms with E-state index in [4.69, 9.17) is 16.3 Å². The number of carbonyl (C=O) groups is 1. The molecular weight excluding hydrogens is 330 g/mol. The van der Waals surface area contributed by atoms with Crippen molar-refractivity contribution in [2.75, 3.05) is 18.5 Å². The van der Waals surface area contributed by atoms with Crippen molar-refractivity contribution < 1.29 is 9.53 Å². The predicted octanol–water partition coefficient (Wildman–Crippen LogP) is 2.89. The van der Waals surface area contributed by atoms with E-state index in [-0.39, 0.29) is 18.1 Å². The van der Waals surface area contributed by atoms with Crippen molar-refractivity contribution in [3.05, 3.63) is 34.9 Å². The van der Waals surface area contributed by atoms with Crippen LogP contribution >= 0.6 is 27.5 Å². The standard InChI is InChI=1S/C14H17BrClNO2/c1-10-9-19-13(7-15)8-17(10)14(18)6-11-2-4-12(16)5-3-11/h2-5,10,13H,6-9H2,1H3. The second kappa shape index (κ2) is 6.73. The van der Waals surface area contributed by atoms with Crippen LogP contribution in [0.4, 0.5) is 0 Å². The zero-order valence-electron chi connectivity index (χ0n) is 10.8. The molecule has 1 saturated heterocycles. The highest BCUT2D eigenvalue weighted by Gasteiger charge is 2.28. The summed E-state index contributed by atoms with van der Waals surface area (Å²) < 4.78 is 5.63. The predicted molar refractivity (Wildman–Crippen MR) is 79.9 cm³/mol. The average Bonchev–Trinajstić information content (AvgIpc) is 2.42. The molecule has 0 bridgehead atoms. The van der Waals surface area contributed by atoms with Crippen molar-refractivity contribution in [1.29, 1.82) is 0 Å². The van der Waals surface area contributed by atoms with E-state index in [2.05, 4.69) is 15.9 Å². The minimum atomic E-state index is 0.0883. The molecule has 1 aliphatic rings. The summed E-state index contributed by atoms with van der Waals surface area (Å²) in [6, 6.07) is 7.55. The molecule has 0 radical (unpaired) electrons. The topological polar surface area (TPSA) is 29.5 Å². The number of rotatable bonds is 3. The average molecular weight is 347 g/mol. The molecule has 1 fully saturated rings. The van der Waals surface area contributed by atoms with Gasteiger partial charge in [-0.3, -0.25) is 4.79 Å². The number of hydrogen-bond donors (Lipinski definition) is 0. The Bertz CT molecular complexity index is 438. The highest BCUT2D eigenvalue weighted by molar-refractivity contribution is 9.09. The highest BCUT2D eigenvalue weighted by Crippen LogP contribution is 2.16. The Balaban J connectivity index is 2.00. The van der Waals surface area contributed by atoms with Gasteiger partial charge < -0.3 is 9.64 Å². The fourth-order valence-corrected chi connectivity index (χ4v) is 2.65. The highest BCUT2D eigenvalue weighted by atomic mass is 79.9. The van der Waals surface area contributed by atoms with Crippen LogP contribution in [0.5, 0.6) is 0 Å².